The number of Topliss-reactive ketones (excluding diaryl/α,β-unsaturated/α-hetero) is 2. The average molecular weight is 668 g/mol. The predicted molar refractivity (Wildman–Crippen MR) is 173 cm³/mol. The zero-order chi connectivity index (χ0) is 36.0. The molecule has 13 atom stereocenters. The number of ketones is 2. The van der Waals surface area contributed by atoms with E-state index in [1.54, 1.807) is 27.7 Å². The maximum Gasteiger partial charge on any atom is 0.316 e. The van der Waals surface area contributed by atoms with Gasteiger partial charge in [-0.05, 0) is 54.0 Å². The van der Waals surface area contributed by atoms with Crippen molar-refractivity contribution in [3.8, 4) is 12.3 Å². The van der Waals surface area contributed by atoms with Gasteiger partial charge >= 0.3 is 11.9 Å². The van der Waals surface area contributed by atoms with Gasteiger partial charge in [-0.15, -0.1) is 12.3 Å². The third-order valence-electron chi connectivity index (χ3n) is 10.1. The summed E-state index contributed by atoms with van der Waals surface area (Å²) in [5.74, 6) is -3.76. The second kappa shape index (κ2) is 16.8. The number of carbonyl (C=O) groups is 4. The van der Waals surface area contributed by atoms with Crippen molar-refractivity contribution in [1.82, 2.24) is 4.90 Å². The number of ether oxygens (including phenoxy) is 5. The van der Waals surface area contributed by atoms with Gasteiger partial charge in [0.1, 0.15) is 23.4 Å². The Bertz CT molecular complexity index is 1150. The number of esters is 2. The molecule has 1 unspecified atom stereocenters. The molecule has 2 saturated heterocycles. The van der Waals surface area contributed by atoms with Crippen LogP contribution in [0.4, 0.5) is 0 Å². The Labute approximate surface area is 280 Å². The molecule has 0 bridgehead atoms. The fraction of sp³-hybridized carbons (Fsp3) is 0.829. The van der Waals surface area contributed by atoms with Gasteiger partial charge < -0.3 is 33.9 Å². The molecule has 12 heteroatoms. The maximum absolute atomic E-state index is 14.0. The lowest BCUT2D eigenvalue weighted by molar-refractivity contribution is -0.298. The van der Waals surface area contributed by atoms with E-state index >= 15 is 0 Å². The highest BCUT2D eigenvalue weighted by Crippen LogP contribution is 2.38. The number of likely N-dealkylation sites (N-methyl/N-ethyl adjacent to an activating group) is 1. The first kappa shape index (κ1) is 40.8. The number of aliphatic hydroxyl groups is 2. The standard InChI is InChI=1S/C35H57NO11/c1-13-15-16-36(11)25-17-20(4)44-33(29(25)45-24(8)37)47-31-22(6)28(39)23(7)32(41)46-26(14-2)35(10,42)30(40)21(5)27(38)19(3)18-34(31,9)43-12/h1,19-23,25-26,29-31,33,40,42H,14-18H2,2-12H3/t19-,20-,21+,22+,23-,25+,26-,29-,30+,31-,33?,34-,35-/m1/s1. The van der Waals surface area contributed by atoms with Gasteiger partial charge in [0.05, 0.1) is 30.0 Å². The Hall–Kier alpha value is -2.40. The highest BCUT2D eigenvalue weighted by Gasteiger charge is 2.52. The summed E-state index contributed by atoms with van der Waals surface area (Å²) in [6, 6.07) is -0.338. The summed E-state index contributed by atoms with van der Waals surface area (Å²) >= 11 is 0. The van der Waals surface area contributed by atoms with Crippen molar-refractivity contribution in [1.29, 1.82) is 0 Å². The summed E-state index contributed by atoms with van der Waals surface area (Å²) in [6.07, 6.45) is 0.399. The fourth-order valence-electron chi connectivity index (χ4n) is 7.07. The summed E-state index contributed by atoms with van der Waals surface area (Å²) in [6.45, 7) is 14.6. The van der Waals surface area contributed by atoms with Crippen molar-refractivity contribution in [3.05, 3.63) is 0 Å². The summed E-state index contributed by atoms with van der Waals surface area (Å²) in [5.41, 5.74) is -3.30. The number of nitrogens with zero attached hydrogens (tertiary/aromatic N) is 1. The first-order valence-electron chi connectivity index (χ1n) is 16.6. The Morgan fingerprint density at radius 1 is 1.11 bits per heavy atom. The van der Waals surface area contributed by atoms with Crippen LogP contribution in [0, 0.1) is 36.0 Å². The Morgan fingerprint density at radius 2 is 1.72 bits per heavy atom. The van der Waals surface area contributed by atoms with E-state index in [-0.39, 0.29) is 30.8 Å². The van der Waals surface area contributed by atoms with Crippen molar-refractivity contribution in [2.75, 3.05) is 20.7 Å². The quantitative estimate of drug-likeness (QED) is 0.222. The third-order valence-corrected chi connectivity index (χ3v) is 10.1. The molecule has 12 nitrogen and oxygen atoms in total. The number of terminal acetylenes is 1. The van der Waals surface area contributed by atoms with Crippen LogP contribution in [0.25, 0.3) is 0 Å². The van der Waals surface area contributed by atoms with Crippen LogP contribution in [0.2, 0.25) is 0 Å². The first-order valence-corrected chi connectivity index (χ1v) is 16.6. The van der Waals surface area contributed by atoms with Crippen LogP contribution < -0.4 is 0 Å². The van der Waals surface area contributed by atoms with Crippen molar-refractivity contribution in [2.45, 2.75) is 142 Å². The van der Waals surface area contributed by atoms with Gasteiger partial charge in [-0.2, -0.15) is 0 Å². The monoisotopic (exact) mass is 667 g/mol. The van der Waals surface area contributed by atoms with E-state index in [2.05, 4.69) is 5.92 Å². The second-order valence-corrected chi connectivity index (χ2v) is 13.9. The summed E-state index contributed by atoms with van der Waals surface area (Å²) in [7, 11) is 3.31. The Morgan fingerprint density at radius 3 is 2.26 bits per heavy atom. The zero-order valence-corrected chi connectivity index (χ0v) is 30.0. The highest BCUT2D eigenvalue weighted by atomic mass is 16.7. The number of methoxy groups -OCH3 is 1. The van der Waals surface area contributed by atoms with Crippen LogP contribution in [0.15, 0.2) is 0 Å². The maximum atomic E-state index is 14.0. The Kier molecular flexibility index (Phi) is 14.6. The lowest BCUT2D eigenvalue weighted by Crippen LogP contribution is -2.61. The molecule has 0 amide bonds. The molecule has 0 radical (unpaired) electrons. The van der Waals surface area contributed by atoms with Crippen LogP contribution >= 0.6 is 0 Å². The molecule has 268 valence electrons. The van der Waals surface area contributed by atoms with Crippen LogP contribution in [0.5, 0.6) is 0 Å². The smallest absolute Gasteiger partial charge is 0.316 e. The zero-order valence-electron chi connectivity index (χ0n) is 30.0. The largest absolute Gasteiger partial charge is 0.459 e. The van der Waals surface area contributed by atoms with Gasteiger partial charge in [0.25, 0.3) is 0 Å². The molecule has 2 aliphatic heterocycles. The lowest BCUT2D eigenvalue weighted by Gasteiger charge is -2.48. The molecule has 0 saturated carbocycles. The molecule has 2 rings (SSSR count). The van der Waals surface area contributed by atoms with E-state index in [1.807, 2.05) is 18.9 Å². The van der Waals surface area contributed by atoms with Gasteiger partial charge in [-0.1, -0.05) is 27.7 Å². The number of rotatable bonds is 8. The van der Waals surface area contributed by atoms with Gasteiger partial charge in [0, 0.05) is 44.8 Å². The van der Waals surface area contributed by atoms with Crippen LogP contribution in [0.1, 0.15) is 88.0 Å². The number of aliphatic hydroxyl groups excluding tert-OH is 1. The van der Waals surface area contributed by atoms with Gasteiger partial charge in [-0.25, -0.2) is 0 Å². The molecule has 47 heavy (non-hydrogen) atoms. The van der Waals surface area contributed by atoms with Crippen LogP contribution in [-0.2, 0) is 42.9 Å². The SMILES string of the molecule is C#CCCN(C)[C@H]1C[C@@H](C)OC(O[C@@H]2[C@@H](C)C(=O)[C@@H](C)C(=O)O[C@H](CC)[C@@](C)(O)[C@@H](O)[C@@H](C)C(=O)[C@H](C)C[C@@]2(C)OC)[C@@H]1OC(C)=O. The molecule has 2 aliphatic rings. The number of carbonyl (C=O) groups excluding carboxylic acids is 4. The summed E-state index contributed by atoms with van der Waals surface area (Å²) in [4.78, 5) is 55.5. The lowest BCUT2D eigenvalue weighted by atomic mass is 9.74. The van der Waals surface area contributed by atoms with Gasteiger partial charge in [-0.3, -0.25) is 24.1 Å². The minimum Gasteiger partial charge on any atom is -0.459 e. The molecule has 0 spiro atoms. The van der Waals surface area contributed by atoms with Crippen molar-refractivity contribution < 1.29 is 53.1 Å². The predicted octanol–water partition coefficient (Wildman–Crippen LogP) is 2.69. The topological polar surface area (TPSA) is 158 Å². The van der Waals surface area contributed by atoms with Crippen molar-refractivity contribution in [2.24, 2.45) is 23.7 Å². The fourth-order valence-corrected chi connectivity index (χ4v) is 7.07. The molecule has 2 heterocycles. The number of cyclic esters (lactones) is 1. The summed E-state index contributed by atoms with van der Waals surface area (Å²) in [5, 5.41) is 22.5. The van der Waals surface area contributed by atoms with E-state index in [4.69, 9.17) is 30.1 Å². The van der Waals surface area contributed by atoms with E-state index in [0.29, 0.717) is 19.4 Å². The summed E-state index contributed by atoms with van der Waals surface area (Å²) < 4.78 is 30.4. The van der Waals surface area contributed by atoms with E-state index in [0.717, 1.165) is 0 Å². The molecular formula is C35H57NO11. The minimum atomic E-state index is -1.97. The second-order valence-electron chi connectivity index (χ2n) is 13.9. The molecule has 0 aliphatic carbocycles. The van der Waals surface area contributed by atoms with Crippen molar-refractivity contribution in [3.63, 3.8) is 0 Å². The van der Waals surface area contributed by atoms with Crippen molar-refractivity contribution >= 4 is 23.5 Å². The normalized spacial score (nSPS) is 41.1. The van der Waals surface area contributed by atoms with Crippen LogP contribution in [-0.4, -0.2) is 113 Å². The number of hydrogen-bond donors (Lipinski definition) is 2. The Balaban J connectivity index is 2.68. The molecule has 0 aromatic heterocycles. The first-order chi connectivity index (χ1) is 21.8. The van der Waals surface area contributed by atoms with E-state index in [9.17, 15) is 29.4 Å². The van der Waals surface area contributed by atoms with Gasteiger partial charge in [0.15, 0.2) is 18.2 Å². The molecular weight excluding hydrogens is 610 g/mol. The third kappa shape index (κ3) is 9.40. The number of hydrogen-bond acceptors (Lipinski definition) is 12. The minimum absolute atomic E-state index is 0.0475. The molecule has 0 aromatic carbocycles. The molecule has 0 aromatic rings. The molecule has 2 fully saturated rings. The van der Waals surface area contributed by atoms with Crippen LogP contribution in [0.3, 0.4) is 0 Å². The average Bonchev–Trinajstić information content (AvgIpc) is 3.02. The van der Waals surface area contributed by atoms with E-state index < -0.39 is 83.3 Å². The van der Waals surface area contributed by atoms with E-state index in [1.165, 1.54) is 34.8 Å². The van der Waals surface area contributed by atoms with Gasteiger partial charge in [0.2, 0.25) is 0 Å². The highest BCUT2D eigenvalue weighted by molar-refractivity contribution is 6.00. The molecule has 2 N–H and O–H groups in total.